The van der Waals surface area contributed by atoms with Crippen molar-refractivity contribution in [3.63, 3.8) is 0 Å². The summed E-state index contributed by atoms with van der Waals surface area (Å²) in [4.78, 5) is 34.0. The van der Waals surface area contributed by atoms with E-state index in [1.165, 1.54) is 28.4 Å². The molecule has 39 heavy (non-hydrogen) atoms. The van der Waals surface area contributed by atoms with Gasteiger partial charge in [-0.3, -0.25) is 14.6 Å². The minimum Gasteiger partial charge on any atom is -0.451 e. The molecule has 14 heteroatoms. The van der Waals surface area contributed by atoms with Gasteiger partial charge >= 0.3 is 5.91 Å². The van der Waals surface area contributed by atoms with Crippen molar-refractivity contribution in [1.29, 1.82) is 0 Å². The molecule has 0 aliphatic carbocycles. The highest BCUT2D eigenvalue weighted by Gasteiger charge is 2.33. The largest absolute Gasteiger partial charge is 0.451 e. The minimum atomic E-state index is -3.65. The second-order valence-electron chi connectivity index (χ2n) is 9.43. The number of carbonyl (C=O) groups is 2. The number of amides is 2. The van der Waals surface area contributed by atoms with E-state index in [0.29, 0.717) is 29.9 Å². The monoisotopic (exact) mass is 556 g/mol. The summed E-state index contributed by atoms with van der Waals surface area (Å²) in [6.07, 6.45) is 4.90. The van der Waals surface area contributed by atoms with Crippen LogP contribution in [0.4, 0.5) is 11.4 Å². The standard InChI is InChI=1S/C25H32N8O5S/c1-26-30-24(23(34)29-21-15-28-7-6-22(21)31-12-8-27-9-13-31)38-17-32-16-18-4-5-19(14-20(18)25(32)35)39(36,37)33-10-2-3-11-33/h4-7,14-15,26-27H,2-3,8-13,16-17H2,1H3,(H,29,34)/b30-24-. The maximum absolute atomic E-state index is 13.1. The van der Waals surface area contributed by atoms with E-state index in [4.69, 9.17) is 4.74 Å². The number of fused-ring (bicyclic) bond motifs is 1. The lowest BCUT2D eigenvalue weighted by Gasteiger charge is -2.30. The van der Waals surface area contributed by atoms with E-state index in [1.54, 1.807) is 18.5 Å². The summed E-state index contributed by atoms with van der Waals surface area (Å²) in [6.45, 7) is 4.21. The summed E-state index contributed by atoms with van der Waals surface area (Å²) in [7, 11) is -2.11. The number of anilines is 2. The van der Waals surface area contributed by atoms with Gasteiger partial charge in [0.05, 0.1) is 29.0 Å². The normalized spacial score (nSPS) is 18.3. The van der Waals surface area contributed by atoms with E-state index >= 15 is 0 Å². The van der Waals surface area contributed by atoms with Gasteiger partial charge in [-0.15, -0.1) is 5.10 Å². The molecule has 2 amide bonds. The Hall–Kier alpha value is -3.75. The molecule has 5 rings (SSSR count). The van der Waals surface area contributed by atoms with Crippen LogP contribution in [0.2, 0.25) is 0 Å². The van der Waals surface area contributed by atoms with Crippen LogP contribution in [0.5, 0.6) is 0 Å². The Labute approximate surface area is 227 Å². The van der Waals surface area contributed by atoms with E-state index in [1.807, 2.05) is 6.07 Å². The van der Waals surface area contributed by atoms with Gasteiger partial charge in [-0.1, -0.05) is 6.07 Å². The Morgan fingerprint density at radius 2 is 1.92 bits per heavy atom. The average Bonchev–Trinajstić information content (AvgIpc) is 3.61. The Bertz CT molecular complexity index is 1370. The van der Waals surface area contributed by atoms with Crippen LogP contribution in [0.3, 0.4) is 0 Å². The van der Waals surface area contributed by atoms with Crippen LogP contribution in [-0.4, -0.2) is 93.4 Å². The van der Waals surface area contributed by atoms with Crippen molar-refractivity contribution >= 4 is 39.1 Å². The molecule has 13 nitrogen and oxygen atoms in total. The number of carbonyl (C=O) groups excluding carboxylic acids is 2. The van der Waals surface area contributed by atoms with E-state index in [0.717, 1.165) is 44.7 Å². The van der Waals surface area contributed by atoms with Gasteiger partial charge in [-0.2, -0.15) is 4.31 Å². The molecule has 4 heterocycles. The highest BCUT2D eigenvalue weighted by Crippen LogP contribution is 2.28. The number of rotatable bonds is 7. The first-order valence-electron chi connectivity index (χ1n) is 12.9. The fourth-order valence-electron chi connectivity index (χ4n) is 4.91. The number of aromatic nitrogens is 1. The molecule has 2 fully saturated rings. The first-order chi connectivity index (χ1) is 18.9. The fraction of sp³-hybridized carbons (Fsp3) is 0.440. The number of hydrogen-bond donors (Lipinski definition) is 3. The molecular weight excluding hydrogens is 524 g/mol. The maximum Gasteiger partial charge on any atom is 0.312 e. The van der Waals surface area contributed by atoms with Crippen molar-refractivity contribution in [2.45, 2.75) is 24.3 Å². The number of hydrogen-bond acceptors (Lipinski definition) is 10. The molecule has 1 aromatic carbocycles. The van der Waals surface area contributed by atoms with Crippen LogP contribution in [0.15, 0.2) is 46.7 Å². The summed E-state index contributed by atoms with van der Waals surface area (Å²) in [5, 5.41) is 10.1. The van der Waals surface area contributed by atoms with Gasteiger partial charge in [0.1, 0.15) is 0 Å². The van der Waals surface area contributed by atoms with Crippen LogP contribution in [0.25, 0.3) is 0 Å². The third kappa shape index (κ3) is 5.67. The number of nitrogens with one attached hydrogen (secondary N) is 3. The molecule has 1 aromatic heterocycles. The third-order valence-electron chi connectivity index (χ3n) is 6.93. The lowest BCUT2D eigenvalue weighted by molar-refractivity contribution is -0.112. The van der Waals surface area contributed by atoms with E-state index in [2.05, 4.69) is 31.0 Å². The fourth-order valence-corrected chi connectivity index (χ4v) is 6.46. The van der Waals surface area contributed by atoms with E-state index in [9.17, 15) is 18.0 Å². The number of hydrazone groups is 1. The average molecular weight is 557 g/mol. The molecule has 0 atom stereocenters. The quantitative estimate of drug-likeness (QED) is 0.250. The van der Waals surface area contributed by atoms with Gasteiger partial charge in [0, 0.05) is 58.1 Å². The molecule has 3 N–H and O–H groups in total. The van der Waals surface area contributed by atoms with Crippen LogP contribution >= 0.6 is 0 Å². The number of piperazine rings is 1. The smallest absolute Gasteiger partial charge is 0.312 e. The SMILES string of the molecule is CN/N=C(\OCN1Cc2ccc(S(=O)(=O)N3CCCC3)cc2C1=O)C(=O)Nc1cnccc1N1CCNCC1. The van der Waals surface area contributed by atoms with Crippen LogP contribution < -0.4 is 21.0 Å². The number of benzene rings is 1. The summed E-state index contributed by atoms with van der Waals surface area (Å²) < 4.78 is 33.0. The summed E-state index contributed by atoms with van der Waals surface area (Å²) in [5.41, 5.74) is 4.93. The second kappa shape index (κ2) is 11.6. The van der Waals surface area contributed by atoms with Gasteiger partial charge in [-0.05, 0) is 36.6 Å². The number of ether oxygens (including phenoxy) is 1. The maximum atomic E-state index is 13.1. The van der Waals surface area contributed by atoms with Crippen LogP contribution in [-0.2, 0) is 26.1 Å². The molecular formula is C25H32N8O5S. The predicted molar refractivity (Wildman–Crippen MR) is 145 cm³/mol. The molecule has 3 aliphatic heterocycles. The lowest BCUT2D eigenvalue weighted by Crippen LogP contribution is -2.44. The number of nitrogens with zero attached hydrogens (tertiary/aromatic N) is 5. The van der Waals surface area contributed by atoms with E-state index in [-0.39, 0.29) is 30.0 Å². The molecule has 3 aliphatic rings. The van der Waals surface area contributed by atoms with Gasteiger partial charge < -0.3 is 30.6 Å². The van der Waals surface area contributed by atoms with Crippen molar-refractivity contribution in [3.05, 3.63) is 47.8 Å². The molecule has 0 bridgehead atoms. The van der Waals surface area contributed by atoms with Crippen molar-refractivity contribution in [3.8, 4) is 0 Å². The first-order valence-corrected chi connectivity index (χ1v) is 14.3. The van der Waals surface area contributed by atoms with Crippen molar-refractivity contribution in [1.82, 2.24) is 24.9 Å². The van der Waals surface area contributed by atoms with Gasteiger partial charge in [-0.25, -0.2) is 8.42 Å². The molecule has 0 radical (unpaired) electrons. The number of pyridine rings is 1. The van der Waals surface area contributed by atoms with E-state index < -0.39 is 15.9 Å². The lowest BCUT2D eigenvalue weighted by atomic mass is 10.1. The van der Waals surface area contributed by atoms with Crippen molar-refractivity contribution in [2.24, 2.45) is 5.10 Å². The Morgan fingerprint density at radius 3 is 2.67 bits per heavy atom. The van der Waals surface area contributed by atoms with Crippen molar-refractivity contribution < 1.29 is 22.7 Å². The number of sulfonamides is 1. The Kier molecular flexibility index (Phi) is 7.95. The Balaban J connectivity index is 1.25. The van der Waals surface area contributed by atoms with Crippen molar-refractivity contribution in [2.75, 3.05) is 63.3 Å². The topological polar surface area (TPSA) is 149 Å². The molecule has 208 valence electrons. The zero-order valence-corrected chi connectivity index (χ0v) is 22.5. The first kappa shape index (κ1) is 26.8. The third-order valence-corrected chi connectivity index (χ3v) is 8.83. The van der Waals surface area contributed by atoms with Crippen LogP contribution in [0, 0.1) is 0 Å². The van der Waals surface area contributed by atoms with Gasteiger partial charge in [0.2, 0.25) is 10.0 Å². The summed E-state index contributed by atoms with van der Waals surface area (Å²) >= 11 is 0. The molecule has 0 unspecified atom stereocenters. The van der Waals surface area contributed by atoms with Gasteiger partial charge in [0.15, 0.2) is 6.73 Å². The highest BCUT2D eigenvalue weighted by atomic mass is 32.2. The van der Waals surface area contributed by atoms with Gasteiger partial charge in [0.25, 0.3) is 11.8 Å². The molecule has 0 saturated carbocycles. The molecule has 2 saturated heterocycles. The zero-order chi connectivity index (χ0) is 27.4. The minimum absolute atomic E-state index is 0.104. The highest BCUT2D eigenvalue weighted by molar-refractivity contribution is 7.89. The van der Waals surface area contributed by atoms with Crippen LogP contribution in [0.1, 0.15) is 28.8 Å². The summed E-state index contributed by atoms with van der Waals surface area (Å²) in [5.74, 6) is -1.23. The predicted octanol–water partition coefficient (Wildman–Crippen LogP) is 0.377. The Morgan fingerprint density at radius 1 is 1.15 bits per heavy atom. The summed E-state index contributed by atoms with van der Waals surface area (Å²) in [6, 6.07) is 6.47. The second-order valence-corrected chi connectivity index (χ2v) is 11.4. The zero-order valence-electron chi connectivity index (χ0n) is 21.7. The molecule has 0 spiro atoms. The molecule has 2 aromatic rings.